The zero-order valence-corrected chi connectivity index (χ0v) is 11.6. The number of esters is 1. The molecule has 1 aromatic rings. The third-order valence-electron chi connectivity index (χ3n) is 4.33. The Hall–Kier alpha value is -1.90. The van der Waals surface area contributed by atoms with E-state index in [0.717, 1.165) is 30.4 Å². The number of Topliss-reactive ketones (excluding diaryl/α,β-unsaturated/α-hetero) is 1. The molecule has 2 atom stereocenters. The maximum Gasteiger partial charge on any atom is 0.339 e. The van der Waals surface area contributed by atoms with Crippen LogP contribution in [-0.2, 0) is 15.1 Å². The van der Waals surface area contributed by atoms with Crippen molar-refractivity contribution in [3.63, 3.8) is 0 Å². The topological polar surface area (TPSA) is 43.4 Å². The lowest BCUT2D eigenvalue weighted by Gasteiger charge is -2.35. The minimum atomic E-state index is -0.712. The van der Waals surface area contributed by atoms with Gasteiger partial charge in [-0.15, -0.1) is 6.58 Å². The van der Waals surface area contributed by atoms with Gasteiger partial charge in [-0.25, -0.2) is 4.79 Å². The molecule has 0 aromatic heterocycles. The highest BCUT2D eigenvalue weighted by Gasteiger charge is 2.50. The number of ketones is 1. The van der Waals surface area contributed by atoms with Crippen LogP contribution in [0.2, 0.25) is 0 Å². The van der Waals surface area contributed by atoms with E-state index in [9.17, 15) is 9.59 Å². The predicted molar refractivity (Wildman–Crippen MR) is 75.3 cm³/mol. The molecule has 1 aliphatic carbocycles. The van der Waals surface area contributed by atoms with Crippen LogP contribution in [0.5, 0.6) is 0 Å². The first-order chi connectivity index (χ1) is 9.52. The Morgan fingerprint density at radius 3 is 2.85 bits per heavy atom. The highest BCUT2D eigenvalue weighted by atomic mass is 16.6. The van der Waals surface area contributed by atoms with Crippen LogP contribution in [0, 0.1) is 5.92 Å². The Kier molecular flexibility index (Phi) is 3.00. The molecule has 0 bridgehead atoms. The lowest BCUT2D eigenvalue weighted by Crippen LogP contribution is -2.37. The summed E-state index contributed by atoms with van der Waals surface area (Å²) in [6, 6.07) is 7.41. The van der Waals surface area contributed by atoms with Gasteiger partial charge < -0.3 is 4.74 Å². The van der Waals surface area contributed by atoms with E-state index in [1.165, 1.54) is 0 Å². The van der Waals surface area contributed by atoms with Gasteiger partial charge in [0.25, 0.3) is 0 Å². The maximum atomic E-state index is 12.4. The number of rotatable bonds is 2. The van der Waals surface area contributed by atoms with Crippen molar-refractivity contribution in [2.45, 2.75) is 38.2 Å². The average Bonchev–Trinajstić information content (AvgIpc) is 2.67. The average molecular weight is 270 g/mol. The quantitative estimate of drug-likeness (QED) is 0.611. The van der Waals surface area contributed by atoms with Crippen LogP contribution >= 0.6 is 0 Å². The molecule has 3 nitrogen and oxygen atoms in total. The molecule has 2 aliphatic rings. The Bertz CT molecular complexity index is 602. The molecular weight excluding hydrogens is 252 g/mol. The normalized spacial score (nSPS) is 28.4. The van der Waals surface area contributed by atoms with E-state index in [1.807, 2.05) is 25.1 Å². The maximum absolute atomic E-state index is 12.4. The highest BCUT2D eigenvalue weighted by Crippen LogP contribution is 2.47. The lowest BCUT2D eigenvalue weighted by atomic mass is 9.73. The fourth-order valence-corrected chi connectivity index (χ4v) is 3.38. The standard InChI is InChI=1S/C17H18O3/c1-11(2)9-12-7-8-17(10-15(12)18)14-6-4-3-5-13(14)16(19)20-17/h3-6,12H,1,7-10H2,2H3. The van der Waals surface area contributed by atoms with Gasteiger partial charge in [0.15, 0.2) is 0 Å². The van der Waals surface area contributed by atoms with Crippen LogP contribution in [0.1, 0.15) is 48.5 Å². The SMILES string of the molecule is C=C(C)CC1CCC2(CC1=O)OC(=O)c1ccccc12. The smallest absolute Gasteiger partial charge is 0.339 e. The van der Waals surface area contributed by atoms with Crippen molar-refractivity contribution >= 4 is 11.8 Å². The van der Waals surface area contributed by atoms with Crippen molar-refractivity contribution in [2.24, 2.45) is 5.92 Å². The van der Waals surface area contributed by atoms with E-state index in [-0.39, 0.29) is 17.7 Å². The Balaban J connectivity index is 1.89. The number of carbonyl (C=O) groups excluding carboxylic acids is 2. The summed E-state index contributed by atoms with van der Waals surface area (Å²) in [6.07, 6.45) is 2.52. The lowest BCUT2D eigenvalue weighted by molar-refractivity contribution is -0.133. The molecular formula is C17H18O3. The first-order valence-corrected chi connectivity index (χ1v) is 7.02. The molecule has 1 saturated carbocycles. The Labute approximate surface area is 118 Å². The van der Waals surface area contributed by atoms with Gasteiger partial charge >= 0.3 is 5.97 Å². The van der Waals surface area contributed by atoms with Crippen LogP contribution in [0.25, 0.3) is 0 Å². The van der Waals surface area contributed by atoms with Crippen LogP contribution in [-0.4, -0.2) is 11.8 Å². The minimum Gasteiger partial charge on any atom is -0.450 e. The number of hydrogen-bond donors (Lipinski definition) is 0. The summed E-state index contributed by atoms with van der Waals surface area (Å²) < 4.78 is 5.60. The second kappa shape index (κ2) is 4.58. The van der Waals surface area contributed by atoms with Gasteiger partial charge in [0, 0.05) is 11.5 Å². The predicted octanol–water partition coefficient (Wildman–Crippen LogP) is 3.39. The third-order valence-corrected chi connectivity index (χ3v) is 4.33. The van der Waals surface area contributed by atoms with Gasteiger partial charge in [0.05, 0.1) is 12.0 Å². The zero-order chi connectivity index (χ0) is 14.3. The number of ether oxygens (including phenoxy) is 1. The molecule has 1 aromatic carbocycles. The molecule has 1 fully saturated rings. The summed E-state index contributed by atoms with van der Waals surface area (Å²) in [7, 11) is 0. The molecule has 0 N–H and O–H groups in total. The molecule has 104 valence electrons. The van der Waals surface area contributed by atoms with Crippen LogP contribution in [0.3, 0.4) is 0 Å². The number of fused-ring (bicyclic) bond motifs is 2. The number of hydrogen-bond acceptors (Lipinski definition) is 3. The van der Waals surface area contributed by atoms with Gasteiger partial charge in [-0.2, -0.15) is 0 Å². The summed E-state index contributed by atoms with van der Waals surface area (Å²) in [4.78, 5) is 24.3. The number of benzene rings is 1. The van der Waals surface area contributed by atoms with E-state index in [0.29, 0.717) is 12.0 Å². The molecule has 1 aliphatic heterocycles. The Morgan fingerprint density at radius 1 is 1.40 bits per heavy atom. The Morgan fingerprint density at radius 2 is 2.15 bits per heavy atom. The molecule has 20 heavy (non-hydrogen) atoms. The van der Waals surface area contributed by atoms with Crippen molar-refractivity contribution in [2.75, 3.05) is 0 Å². The largest absolute Gasteiger partial charge is 0.450 e. The van der Waals surface area contributed by atoms with Crippen molar-refractivity contribution in [3.8, 4) is 0 Å². The van der Waals surface area contributed by atoms with Crippen molar-refractivity contribution < 1.29 is 14.3 Å². The van der Waals surface area contributed by atoms with Gasteiger partial charge in [-0.05, 0) is 32.3 Å². The highest BCUT2D eigenvalue weighted by molar-refractivity contribution is 5.96. The molecule has 1 heterocycles. The van der Waals surface area contributed by atoms with Crippen molar-refractivity contribution in [3.05, 3.63) is 47.5 Å². The van der Waals surface area contributed by atoms with E-state index < -0.39 is 5.60 Å². The summed E-state index contributed by atoms with van der Waals surface area (Å²) >= 11 is 0. The van der Waals surface area contributed by atoms with Gasteiger partial charge in [0.2, 0.25) is 0 Å². The number of allylic oxidation sites excluding steroid dienone is 1. The molecule has 0 amide bonds. The first kappa shape index (κ1) is 13.1. The zero-order valence-electron chi connectivity index (χ0n) is 11.6. The van der Waals surface area contributed by atoms with E-state index >= 15 is 0 Å². The van der Waals surface area contributed by atoms with Gasteiger partial charge in [-0.3, -0.25) is 4.79 Å². The van der Waals surface area contributed by atoms with E-state index in [1.54, 1.807) is 6.07 Å². The van der Waals surface area contributed by atoms with Crippen molar-refractivity contribution in [1.29, 1.82) is 0 Å². The summed E-state index contributed by atoms with van der Waals surface area (Å²) in [6.45, 7) is 5.83. The molecule has 0 saturated heterocycles. The van der Waals surface area contributed by atoms with E-state index in [2.05, 4.69) is 6.58 Å². The third kappa shape index (κ3) is 1.98. The molecule has 3 rings (SSSR count). The molecule has 3 heteroatoms. The van der Waals surface area contributed by atoms with Crippen LogP contribution < -0.4 is 0 Å². The van der Waals surface area contributed by atoms with Crippen molar-refractivity contribution in [1.82, 2.24) is 0 Å². The first-order valence-electron chi connectivity index (χ1n) is 7.02. The van der Waals surface area contributed by atoms with Crippen LogP contribution in [0.4, 0.5) is 0 Å². The van der Waals surface area contributed by atoms with E-state index in [4.69, 9.17) is 4.74 Å². The molecule has 2 unspecified atom stereocenters. The summed E-state index contributed by atoms with van der Waals surface area (Å²) in [5, 5.41) is 0. The van der Waals surface area contributed by atoms with Crippen LogP contribution in [0.15, 0.2) is 36.4 Å². The monoisotopic (exact) mass is 270 g/mol. The fraction of sp³-hybridized carbons (Fsp3) is 0.412. The molecule has 1 spiro atoms. The minimum absolute atomic E-state index is 0.0320. The number of carbonyl (C=O) groups is 2. The summed E-state index contributed by atoms with van der Waals surface area (Å²) in [5.41, 5.74) is 1.81. The fourth-order valence-electron chi connectivity index (χ4n) is 3.38. The molecule has 0 radical (unpaired) electrons. The second-order valence-electron chi connectivity index (χ2n) is 5.97. The van der Waals surface area contributed by atoms with Gasteiger partial charge in [-0.1, -0.05) is 23.8 Å². The second-order valence-corrected chi connectivity index (χ2v) is 5.97. The summed E-state index contributed by atoms with van der Waals surface area (Å²) in [5.74, 6) is -0.0832. The van der Waals surface area contributed by atoms with Gasteiger partial charge in [0.1, 0.15) is 11.4 Å².